The standard InChI is InChI=1S/C49H33N5/c1-3-19-41(20-4-1)53-46-26-9-7-24-44(46)51-48(53)39-31-38(36-17-13-15-34(29-36)35-16-14-18-37(30-35)43-23-11-12-28-50-43)32-40(33-39)49-52-45-25-8-10-27-47(45)54(49)42-21-5-2-6-22-42/h1-33H. The number of hydrogen-bond acceptors (Lipinski definition) is 3. The molecule has 0 atom stereocenters. The van der Waals surface area contributed by atoms with Gasteiger partial charge in [0.1, 0.15) is 11.6 Å². The zero-order valence-corrected chi connectivity index (χ0v) is 29.3. The number of para-hydroxylation sites is 6. The van der Waals surface area contributed by atoms with E-state index in [2.05, 4.69) is 166 Å². The number of nitrogens with zero attached hydrogens (tertiary/aromatic N) is 5. The highest BCUT2D eigenvalue weighted by Gasteiger charge is 2.20. The lowest BCUT2D eigenvalue weighted by molar-refractivity contribution is 1.09. The summed E-state index contributed by atoms with van der Waals surface area (Å²) in [6, 6.07) is 67.8. The van der Waals surface area contributed by atoms with Gasteiger partial charge in [-0.15, -0.1) is 0 Å². The summed E-state index contributed by atoms with van der Waals surface area (Å²) in [5.74, 6) is 1.74. The van der Waals surface area contributed by atoms with Crippen molar-refractivity contribution in [1.82, 2.24) is 24.1 Å². The Hall–Kier alpha value is -7.37. The second-order valence-electron chi connectivity index (χ2n) is 13.4. The maximum absolute atomic E-state index is 5.29. The van der Waals surface area contributed by atoms with E-state index in [-0.39, 0.29) is 0 Å². The second-order valence-corrected chi connectivity index (χ2v) is 13.4. The third-order valence-electron chi connectivity index (χ3n) is 9.95. The van der Waals surface area contributed by atoms with Gasteiger partial charge in [-0.2, -0.15) is 0 Å². The van der Waals surface area contributed by atoms with E-state index in [1.807, 2.05) is 48.7 Å². The number of benzene rings is 7. The van der Waals surface area contributed by atoms with Crippen LogP contribution in [0.4, 0.5) is 0 Å². The van der Waals surface area contributed by atoms with E-state index in [0.717, 1.165) is 89.7 Å². The van der Waals surface area contributed by atoms with Crippen molar-refractivity contribution in [3.05, 3.63) is 200 Å². The maximum Gasteiger partial charge on any atom is 0.145 e. The SMILES string of the molecule is c1ccc(-n2c(-c3cc(-c4cccc(-c5cccc(-c6ccccn6)c5)c4)cc(-c4nc5ccccc5n4-c4ccccc4)c3)nc3ccccc32)cc1. The molecule has 0 bridgehead atoms. The van der Waals surface area contributed by atoms with E-state index < -0.39 is 0 Å². The van der Waals surface area contributed by atoms with Crippen molar-refractivity contribution in [3.8, 4) is 67.7 Å². The monoisotopic (exact) mass is 691 g/mol. The van der Waals surface area contributed by atoms with Crippen LogP contribution in [0.25, 0.3) is 89.7 Å². The van der Waals surface area contributed by atoms with Gasteiger partial charge in [0.25, 0.3) is 0 Å². The number of hydrogen-bond donors (Lipinski definition) is 0. The number of aromatic nitrogens is 5. The van der Waals surface area contributed by atoms with E-state index in [4.69, 9.17) is 9.97 Å². The van der Waals surface area contributed by atoms with E-state index in [1.54, 1.807) is 0 Å². The smallest absolute Gasteiger partial charge is 0.145 e. The minimum absolute atomic E-state index is 0.868. The lowest BCUT2D eigenvalue weighted by atomic mass is 9.95. The predicted molar refractivity (Wildman–Crippen MR) is 221 cm³/mol. The van der Waals surface area contributed by atoms with Crippen molar-refractivity contribution in [1.29, 1.82) is 0 Å². The van der Waals surface area contributed by atoms with Crippen molar-refractivity contribution in [2.75, 3.05) is 0 Å². The van der Waals surface area contributed by atoms with Gasteiger partial charge in [-0.25, -0.2) is 9.97 Å². The number of rotatable bonds is 7. The summed E-state index contributed by atoms with van der Waals surface area (Å²) in [6.07, 6.45) is 1.84. The van der Waals surface area contributed by atoms with Crippen LogP contribution < -0.4 is 0 Å². The van der Waals surface area contributed by atoms with Crippen LogP contribution in [0.15, 0.2) is 200 Å². The Balaban J connectivity index is 1.21. The van der Waals surface area contributed by atoms with Gasteiger partial charge < -0.3 is 0 Å². The van der Waals surface area contributed by atoms with Crippen LogP contribution >= 0.6 is 0 Å². The predicted octanol–water partition coefficient (Wildman–Crippen LogP) is 12.1. The highest BCUT2D eigenvalue weighted by Crippen LogP contribution is 2.38. The van der Waals surface area contributed by atoms with Crippen molar-refractivity contribution in [2.45, 2.75) is 0 Å². The van der Waals surface area contributed by atoms with Gasteiger partial charge in [-0.3, -0.25) is 14.1 Å². The third-order valence-corrected chi connectivity index (χ3v) is 9.95. The van der Waals surface area contributed by atoms with E-state index in [0.29, 0.717) is 0 Å². The summed E-state index contributed by atoms with van der Waals surface area (Å²) in [5.41, 5.74) is 14.6. The van der Waals surface area contributed by atoms with Crippen molar-refractivity contribution < 1.29 is 0 Å². The minimum Gasteiger partial charge on any atom is -0.292 e. The molecule has 10 aromatic rings. The van der Waals surface area contributed by atoms with Gasteiger partial charge >= 0.3 is 0 Å². The molecule has 3 heterocycles. The van der Waals surface area contributed by atoms with Crippen LogP contribution in [0.2, 0.25) is 0 Å². The summed E-state index contributed by atoms with van der Waals surface area (Å²) < 4.78 is 4.52. The molecule has 5 nitrogen and oxygen atoms in total. The van der Waals surface area contributed by atoms with Crippen LogP contribution in [0.1, 0.15) is 0 Å². The summed E-state index contributed by atoms with van der Waals surface area (Å²) >= 11 is 0. The highest BCUT2D eigenvalue weighted by molar-refractivity contribution is 5.89. The Morgan fingerprint density at radius 1 is 0.315 bits per heavy atom. The van der Waals surface area contributed by atoms with Crippen molar-refractivity contribution in [2.24, 2.45) is 0 Å². The first-order chi connectivity index (χ1) is 26.8. The Labute approximate surface area is 313 Å². The highest BCUT2D eigenvalue weighted by atomic mass is 15.1. The lowest BCUT2D eigenvalue weighted by Crippen LogP contribution is -2.00. The fourth-order valence-corrected chi connectivity index (χ4v) is 7.44. The average molecular weight is 692 g/mol. The first kappa shape index (κ1) is 31.4. The molecule has 0 radical (unpaired) electrons. The Bertz CT molecular complexity index is 2790. The zero-order chi connectivity index (χ0) is 35.8. The summed E-state index contributed by atoms with van der Waals surface area (Å²) in [6.45, 7) is 0. The van der Waals surface area contributed by atoms with Crippen LogP contribution in [0.3, 0.4) is 0 Å². The molecule has 7 aromatic carbocycles. The quantitative estimate of drug-likeness (QED) is 0.167. The Kier molecular flexibility index (Phi) is 7.73. The van der Waals surface area contributed by atoms with E-state index >= 15 is 0 Å². The molecular formula is C49H33N5. The molecular weight excluding hydrogens is 659 g/mol. The van der Waals surface area contributed by atoms with Gasteiger partial charge in [0.05, 0.1) is 27.8 Å². The fourth-order valence-electron chi connectivity index (χ4n) is 7.44. The average Bonchev–Trinajstić information content (AvgIpc) is 3.84. The molecule has 0 saturated heterocycles. The number of imidazole rings is 2. The van der Waals surface area contributed by atoms with Gasteiger partial charge in [0, 0.05) is 34.3 Å². The van der Waals surface area contributed by atoms with E-state index in [9.17, 15) is 0 Å². The van der Waals surface area contributed by atoms with E-state index in [1.165, 1.54) is 0 Å². The van der Waals surface area contributed by atoms with Crippen molar-refractivity contribution >= 4 is 22.1 Å². The molecule has 0 aliphatic carbocycles. The molecule has 5 heteroatoms. The second kappa shape index (κ2) is 13.3. The summed E-state index contributed by atoms with van der Waals surface area (Å²) in [7, 11) is 0. The molecule has 0 fully saturated rings. The van der Waals surface area contributed by atoms with Crippen LogP contribution in [0.5, 0.6) is 0 Å². The summed E-state index contributed by atoms with van der Waals surface area (Å²) in [5, 5.41) is 0. The largest absolute Gasteiger partial charge is 0.292 e. The minimum atomic E-state index is 0.868. The molecule has 0 unspecified atom stereocenters. The number of fused-ring (bicyclic) bond motifs is 2. The molecule has 254 valence electrons. The van der Waals surface area contributed by atoms with Gasteiger partial charge in [0.2, 0.25) is 0 Å². The normalized spacial score (nSPS) is 11.3. The molecule has 0 aliphatic rings. The lowest BCUT2D eigenvalue weighted by Gasteiger charge is -2.15. The van der Waals surface area contributed by atoms with Crippen LogP contribution in [-0.2, 0) is 0 Å². The zero-order valence-electron chi connectivity index (χ0n) is 29.3. The van der Waals surface area contributed by atoms with Crippen LogP contribution in [-0.4, -0.2) is 24.1 Å². The molecule has 3 aromatic heterocycles. The number of pyridine rings is 1. The summed E-state index contributed by atoms with van der Waals surface area (Å²) in [4.78, 5) is 15.2. The van der Waals surface area contributed by atoms with Gasteiger partial charge in [0.15, 0.2) is 0 Å². The maximum atomic E-state index is 5.29. The molecule has 0 spiro atoms. The third kappa shape index (κ3) is 5.65. The molecule has 0 aliphatic heterocycles. The molecule has 10 rings (SSSR count). The van der Waals surface area contributed by atoms with Gasteiger partial charge in [-0.1, -0.05) is 103 Å². The molecule has 0 amide bonds. The van der Waals surface area contributed by atoms with Gasteiger partial charge in [-0.05, 0) is 113 Å². The van der Waals surface area contributed by atoms with Crippen molar-refractivity contribution in [3.63, 3.8) is 0 Å². The first-order valence-corrected chi connectivity index (χ1v) is 18.1. The first-order valence-electron chi connectivity index (χ1n) is 18.1. The molecule has 0 saturated carbocycles. The fraction of sp³-hybridized carbons (Fsp3) is 0. The molecule has 0 N–H and O–H groups in total. The van der Waals surface area contributed by atoms with Crippen LogP contribution in [0, 0.1) is 0 Å². The Morgan fingerprint density at radius 2 is 0.741 bits per heavy atom. The Morgan fingerprint density at radius 3 is 1.28 bits per heavy atom. The molecule has 54 heavy (non-hydrogen) atoms. The topological polar surface area (TPSA) is 48.5 Å².